The molecule has 3 rings (SSSR count). The number of guanidine groups is 1. The average molecular weight is 340 g/mol. The molecule has 1 aliphatic rings. The Hall–Kier alpha value is -2.89. The van der Waals surface area contributed by atoms with Gasteiger partial charge in [-0.2, -0.15) is 0 Å². The average Bonchev–Trinajstić information content (AvgIpc) is 2.85. The van der Waals surface area contributed by atoms with Gasteiger partial charge in [0.15, 0.2) is 17.5 Å². The van der Waals surface area contributed by atoms with E-state index in [1.165, 1.54) is 0 Å². The zero-order chi connectivity index (χ0) is 17.6. The molecule has 0 atom stereocenters. The molecule has 0 bridgehead atoms. The number of nitrogens with two attached hydrogens (primary N) is 1. The lowest BCUT2D eigenvalue weighted by atomic mass is 10.2. The van der Waals surface area contributed by atoms with Crippen LogP contribution in [0.2, 0.25) is 0 Å². The molecule has 0 saturated heterocycles. The van der Waals surface area contributed by atoms with Crippen LogP contribution in [0.5, 0.6) is 11.5 Å². The fourth-order valence-corrected chi connectivity index (χ4v) is 2.54. The topological polar surface area (TPSA) is 72.1 Å². The van der Waals surface area contributed by atoms with Gasteiger partial charge >= 0.3 is 0 Å². The largest absolute Gasteiger partial charge is 0.490 e. The Morgan fingerprint density at radius 3 is 2.72 bits per heavy atom. The van der Waals surface area contributed by atoms with Crippen LogP contribution in [0.15, 0.2) is 47.5 Å². The predicted molar refractivity (Wildman–Crippen MR) is 102 cm³/mol. The second-order valence-corrected chi connectivity index (χ2v) is 6.10. The summed E-state index contributed by atoms with van der Waals surface area (Å²) < 4.78 is 11.3. The van der Waals surface area contributed by atoms with E-state index in [-0.39, 0.29) is 0 Å². The third-order valence-corrected chi connectivity index (χ3v) is 3.88. The van der Waals surface area contributed by atoms with Crippen molar-refractivity contribution < 1.29 is 9.47 Å². The van der Waals surface area contributed by atoms with Crippen LogP contribution >= 0.6 is 0 Å². The smallest absolute Gasteiger partial charge is 0.193 e. The highest BCUT2D eigenvalue weighted by Gasteiger charge is 2.10. The number of anilines is 2. The summed E-state index contributed by atoms with van der Waals surface area (Å²) in [5, 5.41) is 3.10. The van der Waals surface area contributed by atoms with E-state index in [9.17, 15) is 0 Å². The van der Waals surface area contributed by atoms with Gasteiger partial charge < -0.3 is 25.4 Å². The molecule has 0 amide bonds. The maximum atomic E-state index is 6.01. The van der Waals surface area contributed by atoms with Crippen LogP contribution in [-0.2, 0) is 6.54 Å². The van der Waals surface area contributed by atoms with Gasteiger partial charge in [-0.1, -0.05) is 12.1 Å². The van der Waals surface area contributed by atoms with Gasteiger partial charge in [-0.15, -0.1) is 0 Å². The quantitative estimate of drug-likeness (QED) is 0.661. The van der Waals surface area contributed by atoms with Crippen molar-refractivity contribution in [2.75, 3.05) is 37.5 Å². The van der Waals surface area contributed by atoms with Gasteiger partial charge in [0.2, 0.25) is 0 Å². The Balaban J connectivity index is 1.65. The zero-order valence-electron chi connectivity index (χ0n) is 14.7. The molecule has 1 heterocycles. The van der Waals surface area contributed by atoms with E-state index >= 15 is 0 Å². The summed E-state index contributed by atoms with van der Waals surface area (Å²) in [5.41, 5.74) is 9.09. The molecule has 6 heteroatoms. The number of benzene rings is 2. The van der Waals surface area contributed by atoms with Gasteiger partial charge in [-0.3, -0.25) is 0 Å². The van der Waals surface area contributed by atoms with Gasteiger partial charge in [-0.25, -0.2) is 4.99 Å². The lowest BCUT2D eigenvalue weighted by Crippen LogP contribution is -2.22. The lowest BCUT2D eigenvalue weighted by molar-refractivity contribution is 0.297. The Morgan fingerprint density at radius 2 is 1.92 bits per heavy atom. The Bertz CT molecular complexity index is 759. The first-order valence-corrected chi connectivity index (χ1v) is 8.35. The first kappa shape index (κ1) is 17.0. The van der Waals surface area contributed by atoms with Crippen LogP contribution < -0.4 is 25.4 Å². The number of fused-ring (bicyclic) bond motifs is 1. The number of nitrogens with one attached hydrogen (secondary N) is 1. The minimum atomic E-state index is 0.366. The molecular weight excluding hydrogens is 316 g/mol. The number of hydrogen-bond acceptors (Lipinski definition) is 4. The molecule has 0 saturated carbocycles. The minimum absolute atomic E-state index is 0.366. The molecular formula is C19H24N4O2. The maximum Gasteiger partial charge on any atom is 0.193 e. The van der Waals surface area contributed by atoms with Gasteiger partial charge in [0, 0.05) is 38.0 Å². The fourth-order valence-electron chi connectivity index (χ4n) is 2.54. The van der Waals surface area contributed by atoms with E-state index in [1.54, 1.807) is 0 Å². The molecule has 2 aromatic rings. The first-order chi connectivity index (χ1) is 12.1. The third-order valence-electron chi connectivity index (χ3n) is 3.88. The highest BCUT2D eigenvalue weighted by molar-refractivity contribution is 5.92. The molecule has 0 aliphatic carbocycles. The summed E-state index contributed by atoms with van der Waals surface area (Å²) >= 11 is 0. The van der Waals surface area contributed by atoms with Crippen LogP contribution in [0, 0.1) is 0 Å². The van der Waals surface area contributed by atoms with Crippen molar-refractivity contribution in [3.05, 3.63) is 48.0 Å². The van der Waals surface area contributed by atoms with Crippen molar-refractivity contribution in [1.29, 1.82) is 0 Å². The molecule has 6 nitrogen and oxygen atoms in total. The molecule has 0 unspecified atom stereocenters. The molecule has 1 aliphatic heterocycles. The molecule has 3 N–H and O–H groups in total. The Kier molecular flexibility index (Phi) is 5.28. The SMILES string of the molecule is CN(C)c1cccc(CN=C(N)Nc2ccc3c(c2)OCCCO3)c1. The van der Waals surface area contributed by atoms with Crippen molar-refractivity contribution >= 4 is 17.3 Å². The highest BCUT2D eigenvalue weighted by atomic mass is 16.5. The summed E-state index contributed by atoms with van der Waals surface area (Å²) in [6.45, 7) is 1.85. The number of rotatable bonds is 4. The molecule has 0 radical (unpaired) electrons. The molecule has 0 fully saturated rings. The normalized spacial score (nSPS) is 13.9. The summed E-state index contributed by atoms with van der Waals surface area (Å²) in [4.78, 5) is 6.48. The minimum Gasteiger partial charge on any atom is -0.490 e. The van der Waals surface area contributed by atoms with E-state index in [2.05, 4.69) is 27.3 Å². The van der Waals surface area contributed by atoms with E-state index < -0.39 is 0 Å². The first-order valence-electron chi connectivity index (χ1n) is 8.35. The maximum absolute atomic E-state index is 6.01. The van der Waals surface area contributed by atoms with Crippen molar-refractivity contribution in [1.82, 2.24) is 0 Å². The molecule has 0 aromatic heterocycles. The zero-order valence-corrected chi connectivity index (χ0v) is 14.7. The monoisotopic (exact) mass is 340 g/mol. The van der Waals surface area contributed by atoms with E-state index in [0.29, 0.717) is 25.7 Å². The van der Waals surface area contributed by atoms with Gasteiger partial charge in [0.05, 0.1) is 19.8 Å². The summed E-state index contributed by atoms with van der Waals surface area (Å²) in [5.74, 6) is 1.86. The van der Waals surface area contributed by atoms with Gasteiger partial charge in [0.1, 0.15) is 0 Å². The van der Waals surface area contributed by atoms with Crippen molar-refractivity contribution in [2.45, 2.75) is 13.0 Å². The third kappa shape index (κ3) is 4.56. The number of nitrogens with zero attached hydrogens (tertiary/aromatic N) is 2. The van der Waals surface area contributed by atoms with Gasteiger partial charge in [0.25, 0.3) is 0 Å². The number of ether oxygens (including phenoxy) is 2. The summed E-state index contributed by atoms with van der Waals surface area (Å²) in [7, 11) is 4.03. The van der Waals surface area contributed by atoms with E-state index in [0.717, 1.165) is 34.9 Å². The molecule has 132 valence electrons. The number of aliphatic imine (C=N–C) groups is 1. The Morgan fingerprint density at radius 1 is 1.12 bits per heavy atom. The van der Waals surface area contributed by atoms with Crippen molar-refractivity contribution in [3.8, 4) is 11.5 Å². The molecule has 2 aromatic carbocycles. The van der Waals surface area contributed by atoms with Crippen LogP contribution in [0.25, 0.3) is 0 Å². The predicted octanol–water partition coefficient (Wildman–Crippen LogP) is 2.84. The second-order valence-electron chi connectivity index (χ2n) is 6.10. The van der Waals surface area contributed by atoms with Crippen LogP contribution in [-0.4, -0.2) is 33.3 Å². The lowest BCUT2D eigenvalue weighted by Gasteiger charge is -2.13. The van der Waals surface area contributed by atoms with Crippen LogP contribution in [0.4, 0.5) is 11.4 Å². The number of hydrogen-bond donors (Lipinski definition) is 2. The summed E-state index contributed by atoms with van der Waals surface area (Å²) in [6.07, 6.45) is 0.882. The standard InChI is InChI=1S/C19H24N4O2/c1-23(2)16-6-3-5-14(11-16)13-21-19(20)22-15-7-8-17-18(12-15)25-10-4-9-24-17/h3,5-8,11-12H,4,9-10,13H2,1-2H3,(H3,20,21,22). The van der Waals surface area contributed by atoms with Crippen molar-refractivity contribution in [3.63, 3.8) is 0 Å². The van der Waals surface area contributed by atoms with Crippen LogP contribution in [0.1, 0.15) is 12.0 Å². The molecule has 25 heavy (non-hydrogen) atoms. The van der Waals surface area contributed by atoms with Crippen LogP contribution in [0.3, 0.4) is 0 Å². The fraction of sp³-hybridized carbons (Fsp3) is 0.316. The Labute approximate surface area is 148 Å². The van der Waals surface area contributed by atoms with E-state index in [1.807, 2.05) is 44.4 Å². The second kappa shape index (κ2) is 7.79. The highest BCUT2D eigenvalue weighted by Crippen LogP contribution is 2.32. The summed E-state index contributed by atoms with van der Waals surface area (Å²) in [6, 6.07) is 13.9. The molecule has 0 spiro atoms. The van der Waals surface area contributed by atoms with E-state index in [4.69, 9.17) is 15.2 Å². The van der Waals surface area contributed by atoms with Gasteiger partial charge in [-0.05, 0) is 29.8 Å². The van der Waals surface area contributed by atoms with Crippen molar-refractivity contribution in [2.24, 2.45) is 10.7 Å².